The van der Waals surface area contributed by atoms with Crippen LogP contribution in [0.2, 0.25) is 5.02 Å². The molecule has 0 aliphatic heterocycles. The molecule has 0 atom stereocenters. The summed E-state index contributed by atoms with van der Waals surface area (Å²) in [6, 6.07) is 9.30. The third-order valence-corrected chi connectivity index (χ3v) is 4.44. The van der Waals surface area contributed by atoms with E-state index in [4.69, 9.17) is 23.8 Å². The maximum atomic E-state index is 12.1. The number of halogens is 2. The smallest absolute Gasteiger partial charge is 0.289 e. The van der Waals surface area contributed by atoms with Crippen molar-refractivity contribution in [2.45, 2.75) is 6.92 Å². The largest absolute Gasteiger partial charge is 0.332 e. The summed E-state index contributed by atoms with van der Waals surface area (Å²) in [5.41, 5.74) is 1.53. The van der Waals surface area contributed by atoms with Crippen molar-refractivity contribution in [1.29, 1.82) is 0 Å². The number of aryl methyl sites for hydroxylation is 1. The van der Waals surface area contributed by atoms with Crippen molar-refractivity contribution < 1.29 is 9.72 Å². The normalized spacial score (nSPS) is 10.1. The topological polar surface area (TPSA) is 84.3 Å². The molecule has 9 heteroatoms. The number of nitrogens with one attached hydrogen (secondary N) is 2. The lowest BCUT2D eigenvalue weighted by atomic mass is 10.1. The van der Waals surface area contributed by atoms with Gasteiger partial charge in [-0.25, -0.2) is 0 Å². The molecule has 6 nitrogen and oxygen atoms in total. The van der Waals surface area contributed by atoms with E-state index in [9.17, 15) is 14.9 Å². The summed E-state index contributed by atoms with van der Waals surface area (Å²) in [6.07, 6.45) is 0. The summed E-state index contributed by atoms with van der Waals surface area (Å²) >= 11 is 14.2. The van der Waals surface area contributed by atoms with Gasteiger partial charge in [0.25, 0.3) is 11.6 Å². The summed E-state index contributed by atoms with van der Waals surface area (Å²) < 4.78 is 0.808. The quantitative estimate of drug-likeness (QED) is 0.429. The van der Waals surface area contributed by atoms with Crippen LogP contribution in [0.15, 0.2) is 40.9 Å². The van der Waals surface area contributed by atoms with Gasteiger partial charge in [-0.3, -0.25) is 20.2 Å². The molecule has 0 saturated carbocycles. The third kappa shape index (κ3) is 4.50. The van der Waals surface area contributed by atoms with Gasteiger partial charge >= 0.3 is 0 Å². The molecular formula is C15H11BrClN3O3S. The summed E-state index contributed by atoms with van der Waals surface area (Å²) in [4.78, 5) is 22.4. The number of benzene rings is 2. The molecule has 2 rings (SSSR count). The average molecular weight is 429 g/mol. The number of nitro benzene ring substituents is 1. The lowest BCUT2D eigenvalue weighted by Gasteiger charge is -2.10. The van der Waals surface area contributed by atoms with Gasteiger partial charge in [0.2, 0.25) is 0 Å². The van der Waals surface area contributed by atoms with Gasteiger partial charge in [0.15, 0.2) is 5.11 Å². The Morgan fingerprint density at radius 1 is 1.29 bits per heavy atom. The average Bonchev–Trinajstić information content (AvgIpc) is 2.51. The van der Waals surface area contributed by atoms with E-state index in [1.165, 1.54) is 18.2 Å². The first-order valence-electron chi connectivity index (χ1n) is 6.60. The number of carbonyl (C=O) groups excluding carboxylic acids is 1. The number of nitro groups is 1. The van der Waals surface area contributed by atoms with Gasteiger partial charge in [-0.2, -0.15) is 0 Å². The molecule has 0 aromatic heterocycles. The van der Waals surface area contributed by atoms with Gasteiger partial charge in [0.1, 0.15) is 5.02 Å². The zero-order valence-corrected chi connectivity index (χ0v) is 15.5. The second kappa shape index (κ2) is 7.69. The highest BCUT2D eigenvalue weighted by molar-refractivity contribution is 9.10. The second-order valence-electron chi connectivity index (χ2n) is 4.80. The Kier molecular flexibility index (Phi) is 5.87. The van der Waals surface area contributed by atoms with Crippen molar-refractivity contribution in [3.8, 4) is 0 Å². The number of nitrogens with zero attached hydrogens (tertiary/aromatic N) is 1. The Morgan fingerprint density at radius 2 is 2.00 bits per heavy atom. The van der Waals surface area contributed by atoms with Crippen LogP contribution in [0.25, 0.3) is 0 Å². The van der Waals surface area contributed by atoms with Crippen molar-refractivity contribution in [3.63, 3.8) is 0 Å². The maximum Gasteiger partial charge on any atom is 0.289 e. The Hall–Kier alpha value is -2.03. The van der Waals surface area contributed by atoms with E-state index in [1.54, 1.807) is 18.2 Å². The van der Waals surface area contributed by atoms with Crippen LogP contribution in [-0.4, -0.2) is 15.9 Å². The lowest BCUT2D eigenvalue weighted by molar-refractivity contribution is -0.384. The molecule has 0 aliphatic rings. The number of thiocarbonyl (C=S) groups is 1. The molecular weight excluding hydrogens is 418 g/mol. The zero-order chi connectivity index (χ0) is 17.9. The van der Waals surface area contributed by atoms with Gasteiger partial charge in [-0.15, -0.1) is 0 Å². The summed E-state index contributed by atoms with van der Waals surface area (Å²) in [5, 5.41) is 16.1. The molecule has 0 bridgehead atoms. The number of carbonyl (C=O) groups is 1. The highest BCUT2D eigenvalue weighted by Gasteiger charge is 2.14. The van der Waals surface area contributed by atoms with E-state index in [2.05, 4.69) is 26.6 Å². The summed E-state index contributed by atoms with van der Waals surface area (Å²) in [6.45, 7) is 1.91. The molecule has 1 amide bonds. The highest BCUT2D eigenvalue weighted by Crippen LogP contribution is 2.27. The number of amides is 1. The van der Waals surface area contributed by atoms with E-state index < -0.39 is 10.8 Å². The third-order valence-electron chi connectivity index (χ3n) is 3.06. The van der Waals surface area contributed by atoms with Crippen LogP contribution in [-0.2, 0) is 0 Å². The molecule has 0 fully saturated rings. The van der Waals surface area contributed by atoms with Gasteiger partial charge in [0.05, 0.1) is 4.92 Å². The van der Waals surface area contributed by atoms with Crippen LogP contribution < -0.4 is 10.6 Å². The van der Waals surface area contributed by atoms with Crippen molar-refractivity contribution in [1.82, 2.24) is 5.32 Å². The van der Waals surface area contributed by atoms with Crippen LogP contribution in [0.1, 0.15) is 15.9 Å². The predicted molar refractivity (Wildman–Crippen MR) is 101 cm³/mol. The fraction of sp³-hybridized carbons (Fsp3) is 0.0667. The Morgan fingerprint density at radius 3 is 2.62 bits per heavy atom. The van der Waals surface area contributed by atoms with E-state index in [0.29, 0.717) is 11.3 Å². The monoisotopic (exact) mass is 427 g/mol. The predicted octanol–water partition coefficient (Wildman–Crippen LogP) is 4.45. The molecule has 2 aromatic carbocycles. The first-order valence-corrected chi connectivity index (χ1v) is 8.18. The van der Waals surface area contributed by atoms with E-state index in [1.807, 2.05) is 6.92 Å². The van der Waals surface area contributed by atoms with Crippen LogP contribution in [0.3, 0.4) is 0 Å². The van der Waals surface area contributed by atoms with Crippen LogP contribution in [0.4, 0.5) is 11.4 Å². The van der Waals surface area contributed by atoms with Gasteiger partial charge in [0, 0.05) is 21.8 Å². The van der Waals surface area contributed by atoms with E-state index in [-0.39, 0.29) is 15.8 Å². The molecule has 2 aromatic rings. The van der Waals surface area contributed by atoms with E-state index in [0.717, 1.165) is 10.0 Å². The van der Waals surface area contributed by atoms with Crippen molar-refractivity contribution in [2.24, 2.45) is 0 Å². The van der Waals surface area contributed by atoms with Crippen molar-refractivity contribution in [2.75, 3.05) is 5.32 Å². The summed E-state index contributed by atoms with van der Waals surface area (Å²) in [5.74, 6) is -0.392. The molecule has 2 N–H and O–H groups in total. The van der Waals surface area contributed by atoms with E-state index >= 15 is 0 Å². The molecule has 0 unspecified atom stereocenters. The minimum absolute atomic E-state index is 0.0185. The molecule has 24 heavy (non-hydrogen) atoms. The molecule has 0 spiro atoms. The molecule has 0 saturated heterocycles. The maximum absolute atomic E-state index is 12.1. The minimum Gasteiger partial charge on any atom is -0.332 e. The van der Waals surface area contributed by atoms with Gasteiger partial charge in [-0.1, -0.05) is 33.6 Å². The Balaban J connectivity index is 2.07. The fourth-order valence-electron chi connectivity index (χ4n) is 1.80. The highest BCUT2D eigenvalue weighted by atomic mass is 79.9. The number of rotatable bonds is 3. The van der Waals surface area contributed by atoms with Gasteiger partial charge < -0.3 is 5.32 Å². The molecule has 0 aliphatic carbocycles. The van der Waals surface area contributed by atoms with Crippen LogP contribution in [0, 0.1) is 17.0 Å². The first kappa shape index (κ1) is 18.3. The molecule has 0 radical (unpaired) electrons. The second-order valence-corrected chi connectivity index (χ2v) is 6.47. The van der Waals surface area contributed by atoms with Crippen LogP contribution in [0.5, 0.6) is 0 Å². The van der Waals surface area contributed by atoms with Crippen molar-refractivity contribution in [3.05, 3.63) is 67.1 Å². The Labute approximate surface area is 156 Å². The number of hydrogen-bond acceptors (Lipinski definition) is 4. The number of anilines is 1. The zero-order valence-electron chi connectivity index (χ0n) is 12.3. The number of hydrogen-bond donors (Lipinski definition) is 2. The Bertz CT molecular complexity index is 845. The summed E-state index contributed by atoms with van der Waals surface area (Å²) in [7, 11) is 0. The molecule has 0 heterocycles. The first-order chi connectivity index (χ1) is 11.3. The lowest BCUT2D eigenvalue weighted by Crippen LogP contribution is -2.34. The van der Waals surface area contributed by atoms with Crippen molar-refractivity contribution >= 4 is 62.1 Å². The fourth-order valence-corrected chi connectivity index (χ4v) is 2.58. The standard InChI is InChI=1S/C15H11BrClN3O3S/c1-8-2-3-9(6-11(8)16)14(21)19-15(24)18-10-4-5-12(17)13(7-10)20(22)23/h2-7H,1H3,(H2,18,19,21,24). The van der Waals surface area contributed by atoms with Crippen LogP contribution >= 0.6 is 39.7 Å². The SMILES string of the molecule is Cc1ccc(C(=O)NC(=S)Nc2ccc(Cl)c([N+](=O)[O-])c2)cc1Br. The molecule has 124 valence electrons. The van der Waals surface area contributed by atoms with Gasteiger partial charge in [-0.05, 0) is 49.0 Å². The minimum atomic E-state index is -0.598.